The van der Waals surface area contributed by atoms with Gasteiger partial charge in [-0.25, -0.2) is 4.98 Å². The Bertz CT molecular complexity index is 1100. The fraction of sp³-hybridized carbons (Fsp3) is 0.0476. The second kappa shape index (κ2) is 7.25. The Morgan fingerprint density at radius 2 is 1.78 bits per heavy atom. The van der Waals surface area contributed by atoms with Crippen molar-refractivity contribution in [3.8, 4) is 17.2 Å². The summed E-state index contributed by atoms with van der Waals surface area (Å²) in [5.41, 5.74) is 3.43. The van der Waals surface area contributed by atoms with Crippen molar-refractivity contribution in [2.75, 3.05) is 12.4 Å². The number of fused-ring (bicyclic) bond motifs is 1. The topological polar surface area (TPSA) is 64.4 Å². The molecule has 0 aliphatic carbocycles. The van der Waals surface area contributed by atoms with E-state index in [1.54, 1.807) is 49.6 Å². The maximum atomic E-state index is 12.4. The summed E-state index contributed by atoms with van der Waals surface area (Å²) in [6.45, 7) is 0. The van der Waals surface area contributed by atoms with Gasteiger partial charge in [-0.3, -0.25) is 4.79 Å². The zero-order valence-corrected chi connectivity index (χ0v) is 16.0. The quantitative estimate of drug-likeness (QED) is 0.470. The van der Waals surface area contributed by atoms with E-state index in [-0.39, 0.29) is 5.91 Å². The largest absolute Gasteiger partial charge is 0.497 e. The highest BCUT2D eigenvalue weighted by Crippen LogP contribution is 2.27. The Morgan fingerprint density at radius 1 is 1.04 bits per heavy atom. The number of anilines is 1. The molecule has 0 saturated heterocycles. The van der Waals surface area contributed by atoms with Crippen molar-refractivity contribution in [2.45, 2.75) is 0 Å². The van der Waals surface area contributed by atoms with Crippen LogP contribution in [0.15, 0.2) is 75.6 Å². The highest BCUT2D eigenvalue weighted by atomic mass is 79.9. The molecule has 0 bridgehead atoms. The molecule has 1 amide bonds. The normalized spacial score (nSPS) is 10.7. The van der Waals surface area contributed by atoms with Gasteiger partial charge in [-0.15, -0.1) is 0 Å². The number of oxazole rings is 1. The number of amides is 1. The third-order valence-electron chi connectivity index (χ3n) is 4.09. The molecular weight excluding hydrogens is 408 g/mol. The molecule has 0 aliphatic heterocycles. The molecule has 0 radical (unpaired) electrons. The van der Waals surface area contributed by atoms with Gasteiger partial charge < -0.3 is 14.5 Å². The van der Waals surface area contributed by atoms with Crippen LogP contribution < -0.4 is 10.1 Å². The number of methoxy groups -OCH3 is 1. The number of rotatable bonds is 4. The van der Waals surface area contributed by atoms with Crippen LogP contribution in [0.3, 0.4) is 0 Å². The van der Waals surface area contributed by atoms with Gasteiger partial charge in [-0.05, 0) is 66.7 Å². The van der Waals surface area contributed by atoms with Crippen LogP contribution in [0.2, 0.25) is 0 Å². The second-order valence-corrected chi connectivity index (χ2v) is 6.81. The smallest absolute Gasteiger partial charge is 0.255 e. The molecule has 1 aromatic heterocycles. The van der Waals surface area contributed by atoms with Gasteiger partial charge in [-0.1, -0.05) is 15.9 Å². The summed E-state index contributed by atoms with van der Waals surface area (Å²) in [6, 6.07) is 20.1. The van der Waals surface area contributed by atoms with E-state index in [0.29, 0.717) is 34.0 Å². The number of nitrogens with zero attached hydrogens (tertiary/aromatic N) is 1. The number of hydrogen-bond acceptors (Lipinski definition) is 4. The van der Waals surface area contributed by atoms with Crippen molar-refractivity contribution < 1.29 is 13.9 Å². The molecule has 6 heteroatoms. The first-order valence-electron chi connectivity index (χ1n) is 8.24. The van der Waals surface area contributed by atoms with Gasteiger partial charge in [0.05, 0.1) is 7.11 Å². The number of carbonyl (C=O) groups excluding carboxylic acids is 1. The summed E-state index contributed by atoms with van der Waals surface area (Å²) in [5.74, 6) is 1.04. The van der Waals surface area contributed by atoms with E-state index in [1.165, 1.54) is 0 Å². The molecule has 0 unspecified atom stereocenters. The highest BCUT2D eigenvalue weighted by Gasteiger charge is 2.11. The van der Waals surface area contributed by atoms with Gasteiger partial charge in [0, 0.05) is 21.3 Å². The Labute approximate surface area is 164 Å². The Balaban J connectivity index is 1.57. The molecule has 0 atom stereocenters. The fourth-order valence-electron chi connectivity index (χ4n) is 2.67. The number of benzene rings is 3. The second-order valence-electron chi connectivity index (χ2n) is 5.89. The Kier molecular flexibility index (Phi) is 4.64. The molecule has 1 heterocycles. The average molecular weight is 423 g/mol. The van der Waals surface area contributed by atoms with Crippen molar-refractivity contribution in [1.29, 1.82) is 0 Å². The molecule has 0 spiro atoms. The predicted molar refractivity (Wildman–Crippen MR) is 108 cm³/mol. The summed E-state index contributed by atoms with van der Waals surface area (Å²) in [4.78, 5) is 16.9. The van der Waals surface area contributed by atoms with E-state index in [1.807, 2.05) is 24.3 Å². The van der Waals surface area contributed by atoms with Crippen molar-refractivity contribution in [1.82, 2.24) is 4.98 Å². The SMILES string of the molecule is COc1ccc(C(=O)Nc2ccc3oc(-c4ccc(Br)cc4)nc3c2)cc1. The van der Waals surface area contributed by atoms with Crippen molar-refractivity contribution in [3.63, 3.8) is 0 Å². The maximum absolute atomic E-state index is 12.4. The van der Waals surface area contributed by atoms with E-state index < -0.39 is 0 Å². The molecule has 0 fully saturated rings. The molecule has 0 saturated carbocycles. The van der Waals surface area contributed by atoms with E-state index >= 15 is 0 Å². The van der Waals surface area contributed by atoms with E-state index in [9.17, 15) is 4.79 Å². The standard InChI is InChI=1S/C21H15BrN2O3/c1-26-17-9-4-13(5-10-17)20(25)23-16-8-11-19-18(12-16)24-21(27-19)14-2-6-15(22)7-3-14/h2-12H,1H3,(H,23,25). The third kappa shape index (κ3) is 3.71. The van der Waals surface area contributed by atoms with Crippen LogP contribution in [0.25, 0.3) is 22.6 Å². The summed E-state index contributed by atoms with van der Waals surface area (Å²) in [6.07, 6.45) is 0. The minimum absolute atomic E-state index is 0.200. The molecule has 4 rings (SSSR count). The van der Waals surface area contributed by atoms with E-state index in [2.05, 4.69) is 26.2 Å². The first-order chi connectivity index (χ1) is 13.1. The molecule has 0 aliphatic rings. The minimum Gasteiger partial charge on any atom is -0.497 e. The van der Waals surface area contributed by atoms with E-state index in [0.717, 1.165) is 10.0 Å². The Hall–Kier alpha value is -3.12. The summed E-state index contributed by atoms with van der Waals surface area (Å²) in [5, 5.41) is 2.88. The maximum Gasteiger partial charge on any atom is 0.255 e. The molecule has 134 valence electrons. The molecular formula is C21H15BrN2O3. The minimum atomic E-state index is -0.200. The van der Waals surface area contributed by atoms with Gasteiger partial charge in [0.2, 0.25) is 5.89 Å². The molecule has 4 aromatic rings. The van der Waals surface area contributed by atoms with Gasteiger partial charge in [-0.2, -0.15) is 0 Å². The average Bonchev–Trinajstić information content (AvgIpc) is 3.12. The number of aromatic nitrogens is 1. The van der Waals surface area contributed by atoms with Crippen LogP contribution in [-0.4, -0.2) is 18.0 Å². The van der Waals surface area contributed by atoms with Crippen LogP contribution >= 0.6 is 15.9 Å². The number of ether oxygens (including phenoxy) is 1. The number of nitrogens with one attached hydrogen (secondary N) is 1. The van der Waals surface area contributed by atoms with Gasteiger partial charge in [0.1, 0.15) is 11.3 Å². The molecule has 5 nitrogen and oxygen atoms in total. The van der Waals surface area contributed by atoms with Crippen molar-refractivity contribution in [2.24, 2.45) is 0 Å². The van der Waals surface area contributed by atoms with Crippen LogP contribution in [0, 0.1) is 0 Å². The molecule has 3 aromatic carbocycles. The van der Waals surface area contributed by atoms with Gasteiger partial charge in [0.15, 0.2) is 5.58 Å². The van der Waals surface area contributed by atoms with Crippen molar-refractivity contribution >= 4 is 38.6 Å². The summed E-state index contributed by atoms with van der Waals surface area (Å²) < 4.78 is 11.9. The van der Waals surface area contributed by atoms with Crippen LogP contribution in [-0.2, 0) is 0 Å². The lowest BCUT2D eigenvalue weighted by Crippen LogP contribution is -2.11. The third-order valence-corrected chi connectivity index (χ3v) is 4.62. The van der Waals surface area contributed by atoms with Crippen molar-refractivity contribution in [3.05, 3.63) is 76.8 Å². The lowest BCUT2D eigenvalue weighted by atomic mass is 10.2. The van der Waals surface area contributed by atoms with Crippen LogP contribution in [0.5, 0.6) is 5.75 Å². The molecule has 27 heavy (non-hydrogen) atoms. The lowest BCUT2D eigenvalue weighted by molar-refractivity contribution is 0.102. The van der Waals surface area contributed by atoms with Crippen LogP contribution in [0.4, 0.5) is 5.69 Å². The van der Waals surface area contributed by atoms with Crippen LogP contribution in [0.1, 0.15) is 10.4 Å². The summed E-state index contributed by atoms with van der Waals surface area (Å²) >= 11 is 3.41. The van der Waals surface area contributed by atoms with E-state index in [4.69, 9.17) is 9.15 Å². The van der Waals surface area contributed by atoms with Gasteiger partial charge in [0.25, 0.3) is 5.91 Å². The highest BCUT2D eigenvalue weighted by molar-refractivity contribution is 9.10. The zero-order chi connectivity index (χ0) is 18.8. The fourth-order valence-corrected chi connectivity index (χ4v) is 2.93. The first-order valence-corrected chi connectivity index (χ1v) is 9.03. The molecule has 1 N–H and O–H groups in total. The lowest BCUT2D eigenvalue weighted by Gasteiger charge is -2.06. The monoisotopic (exact) mass is 422 g/mol. The number of carbonyl (C=O) groups is 1. The number of hydrogen-bond donors (Lipinski definition) is 1. The number of halogens is 1. The predicted octanol–water partition coefficient (Wildman–Crippen LogP) is 5.52. The Morgan fingerprint density at radius 3 is 2.48 bits per heavy atom. The summed E-state index contributed by atoms with van der Waals surface area (Å²) in [7, 11) is 1.59. The van der Waals surface area contributed by atoms with Gasteiger partial charge >= 0.3 is 0 Å². The zero-order valence-electron chi connectivity index (χ0n) is 14.4. The first kappa shape index (κ1) is 17.3.